The number of hydrogen-bond acceptors (Lipinski definition) is 5. The van der Waals surface area contributed by atoms with Crippen LogP contribution in [0.25, 0.3) is 0 Å². The second-order valence-electron chi connectivity index (χ2n) is 3.33. The molecule has 0 spiro atoms. The zero-order chi connectivity index (χ0) is 13.3. The van der Waals surface area contributed by atoms with Crippen LogP contribution < -0.4 is 0 Å². The van der Waals surface area contributed by atoms with Crippen molar-refractivity contribution in [2.24, 2.45) is 0 Å². The fourth-order valence-corrected chi connectivity index (χ4v) is 2.39. The molecule has 18 heavy (non-hydrogen) atoms. The average Bonchev–Trinajstić information content (AvgIpc) is 2.86. The van der Waals surface area contributed by atoms with E-state index in [1.54, 1.807) is 6.07 Å². The summed E-state index contributed by atoms with van der Waals surface area (Å²) in [6.07, 6.45) is 1.33. The Morgan fingerprint density at radius 1 is 1.61 bits per heavy atom. The van der Waals surface area contributed by atoms with Crippen LogP contribution in [0.5, 0.6) is 0 Å². The normalized spacial score (nSPS) is 10.5. The molecule has 1 N–H and O–H groups in total. The zero-order valence-corrected chi connectivity index (χ0v) is 10.3. The van der Waals surface area contributed by atoms with Crippen molar-refractivity contribution in [1.82, 2.24) is 9.78 Å². The van der Waals surface area contributed by atoms with Crippen molar-refractivity contribution in [3.05, 3.63) is 43.2 Å². The molecule has 0 aromatic carbocycles. The Morgan fingerprint density at radius 3 is 2.83 bits per heavy atom. The molecule has 94 valence electrons. The minimum atomic E-state index is -1.00. The van der Waals surface area contributed by atoms with Crippen LogP contribution in [0, 0.1) is 10.1 Å². The number of carboxylic acid groups (broad SMARTS) is 1. The third-order valence-electron chi connectivity index (χ3n) is 2.06. The van der Waals surface area contributed by atoms with Crippen molar-refractivity contribution in [2.75, 3.05) is 0 Å². The van der Waals surface area contributed by atoms with Crippen LogP contribution in [0.1, 0.15) is 14.5 Å². The van der Waals surface area contributed by atoms with Crippen LogP contribution in [0.4, 0.5) is 5.82 Å². The van der Waals surface area contributed by atoms with E-state index in [2.05, 4.69) is 5.10 Å². The highest BCUT2D eigenvalue weighted by Gasteiger charge is 2.19. The minimum absolute atomic E-state index is 0.0463. The Morgan fingerprint density at radius 2 is 2.33 bits per heavy atom. The second-order valence-corrected chi connectivity index (χ2v) is 4.90. The van der Waals surface area contributed by atoms with Crippen LogP contribution in [0.15, 0.2) is 18.3 Å². The van der Waals surface area contributed by atoms with E-state index >= 15 is 0 Å². The Balaban J connectivity index is 2.20. The second kappa shape index (κ2) is 4.75. The van der Waals surface area contributed by atoms with Crippen LogP contribution in [-0.4, -0.2) is 25.8 Å². The fourth-order valence-electron chi connectivity index (χ4n) is 1.33. The largest absolute Gasteiger partial charge is 0.477 e. The van der Waals surface area contributed by atoms with Crippen LogP contribution in [0.2, 0.25) is 5.02 Å². The molecule has 0 atom stereocenters. The molecule has 0 amide bonds. The van der Waals surface area contributed by atoms with E-state index in [-0.39, 0.29) is 16.4 Å². The SMILES string of the molecule is O=C(O)c1ccc(Cn2cc(Cl)c([N+](=O)[O-])n2)s1. The first-order valence-electron chi connectivity index (χ1n) is 4.66. The summed E-state index contributed by atoms with van der Waals surface area (Å²) < 4.78 is 1.30. The lowest BCUT2D eigenvalue weighted by Crippen LogP contribution is -1.99. The van der Waals surface area contributed by atoms with E-state index in [0.717, 1.165) is 16.2 Å². The summed E-state index contributed by atoms with van der Waals surface area (Å²) in [5, 5.41) is 23.0. The van der Waals surface area contributed by atoms with Gasteiger partial charge in [-0.2, -0.15) is 4.68 Å². The molecule has 9 heteroatoms. The molecule has 7 nitrogen and oxygen atoms in total. The molecule has 0 saturated heterocycles. The average molecular weight is 288 g/mol. The Kier molecular flexibility index (Phi) is 3.30. The summed E-state index contributed by atoms with van der Waals surface area (Å²) >= 11 is 6.73. The summed E-state index contributed by atoms with van der Waals surface area (Å²) in [5.41, 5.74) is 0. The highest BCUT2D eigenvalue weighted by molar-refractivity contribution is 7.13. The summed E-state index contributed by atoms with van der Waals surface area (Å²) in [7, 11) is 0. The molecule has 0 aliphatic rings. The minimum Gasteiger partial charge on any atom is -0.477 e. The first-order chi connectivity index (χ1) is 8.47. The molecule has 0 radical (unpaired) electrons. The van der Waals surface area contributed by atoms with E-state index < -0.39 is 16.7 Å². The summed E-state index contributed by atoms with van der Waals surface area (Å²) in [6, 6.07) is 3.11. The molecule has 2 aromatic heterocycles. The van der Waals surface area contributed by atoms with Crippen molar-refractivity contribution in [1.29, 1.82) is 0 Å². The van der Waals surface area contributed by atoms with Crippen molar-refractivity contribution in [3.8, 4) is 0 Å². The van der Waals surface area contributed by atoms with Gasteiger partial charge < -0.3 is 15.2 Å². The predicted molar refractivity (Wildman–Crippen MR) is 64.3 cm³/mol. The fraction of sp³-hybridized carbons (Fsp3) is 0.111. The molecule has 0 saturated carbocycles. The number of thiophene rings is 1. The van der Waals surface area contributed by atoms with Gasteiger partial charge in [0.05, 0.1) is 17.8 Å². The summed E-state index contributed by atoms with van der Waals surface area (Å²) in [4.78, 5) is 21.5. The number of aromatic carboxylic acids is 1. The molecule has 0 aliphatic heterocycles. The van der Waals surface area contributed by atoms with E-state index in [0.29, 0.717) is 0 Å². The smallest absolute Gasteiger partial charge is 0.408 e. The molecule has 2 aromatic rings. The Bertz CT molecular complexity index is 621. The Hall–Kier alpha value is -1.93. The maximum atomic E-state index is 10.7. The molecule has 0 unspecified atom stereocenters. The lowest BCUT2D eigenvalue weighted by molar-refractivity contribution is -0.389. The van der Waals surface area contributed by atoms with E-state index in [4.69, 9.17) is 16.7 Å². The van der Waals surface area contributed by atoms with E-state index in [1.807, 2.05) is 0 Å². The highest BCUT2D eigenvalue weighted by Crippen LogP contribution is 2.23. The van der Waals surface area contributed by atoms with E-state index in [1.165, 1.54) is 16.9 Å². The zero-order valence-electron chi connectivity index (χ0n) is 8.74. The third kappa shape index (κ3) is 2.49. The maximum Gasteiger partial charge on any atom is 0.408 e. The number of hydrogen-bond donors (Lipinski definition) is 1. The molecule has 0 bridgehead atoms. The number of nitro groups is 1. The Labute approximate surface area is 109 Å². The molecular formula is C9H6ClN3O4S. The van der Waals surface area contributed by atoms with Crippen molar-refractivity contribution < 1.29 is 14.8 Å². The number of carbonyl (C=O) groups is 1. The maximum absolute atomic E-state index is 10.7. The van der Waals surface area contributed by atoms with Gasteiger partial charge >= 0.3 is 11.8 Å². The monoisotopic (exact) mass is 287 g/mol. The van der Waals surface area contributed by atoms with Gasteiger partial charge in [0.2, 0.25) is 0 Å². The number of nitrogens with zero attached hydrogens (tertiary/aromatic N) is 3. The summed E-state index contributed by atoms with van der Waals surface area (Å²) in [6.45, 7) is 0.242. The van der Waals surface area contributed by atoms with Crippen molar-refractivity contribution in [2.45, 2.75) is 6.54 Å². The lowest BCUT2D eigenvalue weighted by Gasteiger charge is -1.91. The molecule has 0 fully saturated rings. The highest BCUT2D eigenvalue weighted by atomic mass is 35.5. The summed E-state index contributed by atoms with van der Waals surface area (Å²) in [5.74, 6) is -1.41. The van der Waals surface area contributed by atoms with Crippen molar-refractivity contribution >= 4 is 34.7 Å². The van der Waals surface area contributed by atoms with Crippen LogP contribution >= 0.6 is 22.9 Å². The van der Waals surface area contributed by atoms with E-state index in [9.17, 15) is 14.9 Å². The molecule has 0 aliphatic carbocycles. The number of halogens is 1. The van der Waals surface area contributed by atoms with Gasteiger partial charge in [-0.05, 0) is 17.1 Å². The van der Waals surface area contributed by atoms with Gasteiger partial charge in [0.25, 0.3) is 0 Å². The first kappa shape index (κ1) is 12.5. The number of rotatable bonds is 4. The van der Waals surface area contributed by atoms with Gasteiger partial charge in [0, 0.05) is 4.88 Å². The van der Waals surface area contributed by atoms with Gasteiger partial charge in [-0.15, -0.1) is 11.3 Å². The van der Waals surface area contributed by atoms with Crippen molar-refractivity contribution in [3.63, 3.8) is 0 Å². The van der Waals surface area contributed by atoms with Gasteiger partial charge in [-0.25, -0.2) is 4.79 Å². The molecule has 2 rings (SSSR count). The third-order valence-corrected chi connectivity index (χ3v) is 3.39. The standard InChI is InChI=1S/C9H6ClN3O4S/c10-6-4-12(11-8(6)13(16)17)3-5-1-2-7(18-5)9(14)15/h1-2,4H,3H2,(H,14,15). The molecule has 2 heterocycles. The predicted octanol–water partition coefficient (Wildman–Crippen LogP) is 2.25. The van der Waals surface area contributed by atoms with Gasteiger partial charge in [0.15, 0.2) is 5.02 Å². The van der Waals surface area contributed by atoms with Gasteiger partial charge in [-0.3, -0.25) is 0 Å². The van der Waals surface area contributed by atoms with Gasteiger partial charge in [0.1, 0.15) is 4.88 Å². The quantitative estimate of drug-likeness (QED) is 0.687. The number of aromatic nitrogens is 2. The van der Waals surface area contributed by atoms with Crippen LogP contribution in [0.3, 0.4) is 0 Å². The van der Waals surface area contributed by atoms with Gasteiger partial charge in [-0.1, -0.05) is 11.6 Å². The molecular weight excluding hydrogens is 282 g/mol. The van der Waals surface area contributed by atoms with Crippen LogP contribution in [-0.2, 0) is 6.54 Å². The topological polar surface area (TPSA) is 98.3 Å². The first-order valence-corrected chi connectivity index (χ1v) is 5.86. The number of carboxylic acids is 1. The lowest BCUT2D eigenvalue weighted by atomic mass is 10.4.